The van der Waals surface area contributed by atoms with Gasteiger partial charge in [0.25, 0.3) is 0 Å². The minimum absolute atomic E-state index is 0.0220. The predicted octanol–water partition coefficient (Wildman–Crippen LogP) is 1.24. The maximum atomic E-state index is 9.89. The molecule has 3 aliphatic rings. The molecule has 74 valence electrons. The summed E-state index contributed by atoms with van der Waals surface area (Å²) in [6, 6.07) is 0.515. The molecule has 3 rings (SSSR count). The monoisotopic (exact) mass is 181 g/mol. The van der Waals surface area contributed by atoms with Crippen LogP contribution in [0.4, 0.5) is 0 Å². The summed E-state index contributed by atoms with van der Waals surface area (Å²) in [5, 5.41) is 9.89. The summed E-state index contributed by atoms with van der Waals surface area (Å²) in [6.45, 7) is 2.57. The zero-order valence-electron chi connectivity index (χ0n) is 8.15. The highest BCUT2D eigenvalue weighted by Crippen LogP contribution is 2.46. The third-order valence-electron chi connectivity index (χ3n) is 4.17. The van der Waals surface area contributed by atoms with Crippen LogP contribution in [0.2, 0.25) is 0 Å². The van der Waals surface area contributed by atoms with Crippen LogP contribution in [-0.4, -0.2) is 35.2 Å². The molecule has 0 bridgehead atoms. The Balaban J connectivity index is 1.63. The first-order valence-corrected chi connectivity index (χ1v) is 5.77. The van der Waals surface area contributed by atoms with Gasteiger partial charge in [0, 0.05) is 19.1 Å². The van der Waals surface area contributed by atoms with Gasteiger partial charge < -0.3 is 5.11 Å². The molecule has 0 radical (unpaired) electrons. The summed E-state index contributed by atoms with van der Waals surface area (Å²) in [6.07, 6.45) is 6.29. The van der Waals surface area contributed by atoms with Crippen LogP contribution >= 0.6 is 0 Å². The fraction of sp³-hybridized carbons (Fsp3) is 1.00. The van der Waals surface area contributed by atoms with Gasteiger partial charge in [-0.05, 0) is 31.1 Å². The number of hydrogen-bond acceptors (Lipinski definition) is 2. The van der Waals surface area contributed by atoms with Gasteiger partial charge in [-0.3, -0.25) is 4.90 Å². The van der Waals surface area contributed by atoms with Crippen LogP contribution in [0.25, 0.3) is 0 Å². The Morgan fingerprint density at radius 2 is 1.69 bits per heavy atom. The maximum absolute atomic E-state index is 9.89. The average Bonchev–Trinajstić information content (AvgIpc) is 2.75. The van der Waals surface area contributed by atoms with Crippen molar-refractivity contribution < 1.29 is 5.11 Å². The third kappa shape index (κ3) is 1.40. The Kier molecular flexibility index (Phi) is 1.88. The summed E-state index contributed by atoms with van der Waals surface area (Å²) >= 11 is 0. The van der Waals surface area contributed by atoms with Crippen LogP contribution < -0.4 is 0 Å². The van der Waals surface area contributed by atoms with Crippen LogP contribution in [0, 0.1) is 11.8 Å². The lowest BCUT2D eigenvalue weighted by molar-refractivity contribution is 0.0258. The molecule has 1 N–H and O–H groups in total. The van der Waals surface area contributed by atoms with Gasteiger partial charge in [0.2, 0.25) is 0 Å². The molecule has 2 saturated carbocycles. The van der Waals surface area contributed by atoms with Crippen molar-refractivity contribution in [3.8, 4) is 0 Å². The van der Waals surface area contributed by atoms with Crippen molar-refractivity contribution in [1.82, 2.24) is 4.90 Å². The third-order valence-corrected chi connectivity index (χ3v) is 4.17. The largest absolute Gasteiger partial charge is 0.391 e. The number of aliphatic hydroxyl groups excluding tert-OH is 1. The van der Waals surface area contributed by atoms with Crippen LogP contribution in [-0.2, 0) is 0 Å². The van der Waals surface area contributed by atoms with E-state index in [-0.39, 0.29) is 6.10 Å². The fourth-order valence-corrected chi connectivity index (χ4v) is 3.22. The molecule has 0 aromatic rings. The Labute approximate surface area is 79.9 Å². The van der Waals surface area contributed by atoms with Crippen LogP contribution in [0.3, 0.4) is 0 Å². The highest BCUT2D eigenvalue weighted by molar-refractivity contribution is 5.00. The topological polar surface area (TPSA) is 23.5 Å². The second-order valence-corrected chi connectivity index (χ2v) is 5.13. The second-order valence-electron chi connectivity index (χ2n) is 5.13. The Morgan fingerprint density at radius 1 is 1.00 bits per heavy atom. The Hall–Kier alpha value is -0.0800. The molecule has 1 aliphatic heterocycles. The number of aliphatic hydroxyl groups is 1. The number of piperidine rings is 1. The summed E-state index contributed by atoms with van der Waals surface area (Å²) < 4.78 is 0. The molecule has 3 fully saturated rings. The lowest BCUT2D eigenvalue weighted by Crippen LogP contribution is -2.45. The SMILES string of the molecule is O[C@H]1CCCC[C@@H]1N1CC2CC2C1. The van der Waals surface area contributed by atoms with E-state index >= 15 is 0 Å². The number of nitrogens with zero attached hydrogens (tertiary/aromatic N) is 1. The van der Waals surface area contributed by atoms with E-state index in [0.29, 0.717) is 6.04 Å². The molecular formula is C11H19NO. The molecule has 2 aliphatic carbocycles. The van der Waals surface area contributed by atoms with E-state index in [4.69, 9.17) is 0 Å². The molecule has 1 heterocycles. The van der Waals surface area contributed by atoms with E-state index in [0.717, 1.165) is 18.3 Å². The number of fused-ring (bicyclic) bond motifs is 1. The first-order chi connectivity index (χ1) is 6.34. The summed E-state index contributed by atoms with van der Waals surface area (Å²) in [4.78, 5) is 2.56. The van der Waals surface area contributed by atoms with Gasteiger partial charge >= 0.3 is 0 Å². The Morgan fingerprint density at radius 3 is 2.38 bits per heavy atom. The van der Waals surface area contributed by atoms with Crippen molar-refractivity contribution in [1.29, 1.82) is 0 Å². The molecule has 1 saturated heterocycles. The van der Waals surface area contributed by atoms with Gasteiger partial charge in [0.05, 0.1) is 6.10 Å². The van der Waals surface area contributed by atoms with Gasteiger partial charge in [0.15, 0.2) is 0 Å². The lowest BCUT2D eigenvalue weighted by Gasteiger charge is -2.35. The van der Waals surface area contributed by atoms with Crippen molar-refractivity contribution in [3.63, 3.8) is 0 Å². The average molecular weight is 181 g/mol. The standard InChI is InChI=1S/C11H19NO/c13-11-4-2-1-3-10(11)12-6-8-5-9(8)7-12/h8-11,13H,1-7H2/t8?,9?,10-,11-/m0/s1. The molecule has 2 heteroatoms. The van der Waals surface area contributed by atoms with Crippen molar-refractivity contribution in [2.45, 2.75) is 44.2 Å². The smallest absolute Gasteiger partial charge is 0.0695 e. The van der Waals surface area contributed by atoms with E-state index in [1.165, 1.54) is 38.8 Å². The van der Waals surface area contributed by atoms with E-state index in [1.807, 2.05) is 0 Å². The maximum Gasteiger partial charge on any atom is 0.0695 e. The number of hydrogen-bond donors (Lipinski definition) is 1. The zero-order valence-corrected chi connectivity index (χ0v) is 8.15. The van der Waals surface area contributed by atoms with E-state index in [1.54, 1.807) is 0 Å². The van der Waals surface area contributed by atoms with Gasteiger partial charge in [-0.15, -0.1) is 0 Å². The molecule has 2 unspecified atom stereocenters. The molecule has 2 nitrogen and oxygen atoms in total. The Bertz CT molecular complexity index is 196. The zero-order chi connectivity index (χ0) is 8.84. The van der Waals surface area contributed by atoms with E-state index in [2.05, 4.69) is 4.90 Å². The molecule has 0 aromatic carbocycles. The van der Waals surface area contributed by atoms with Crippen molar-refractivity contribution >= 4 is 0 Å². The number of likely N-dealkylation sites (tertiary alicyclic amines) is 1. The van der Waals surface area contributed by atoms with Gasteiger partial charge in [-0.25, -0.2) is 0 Å². The highest BCUT2D eigenvalue weighted by atomic mass is 16.3. The van der Waals surface area contributed by atoms with Crippen LogP contribution in [0.1, 0.15) is 32.1 Å². The van der Waals surface area contributed by atoms with Gasteiger partial charge in [-0.1, -0.05) is 12.8 Å². The van der Waals surface area contributed by atoms with E-state index in [9.17, 15) is 5.11 Å². The minimum Gasteiger partial charge on any atom is -0.391 e. The molecule has 4 atom stereocenters. The summed E-state index contributed by atoms with van der Waals surface area (Å²) in [7, 11) is 0. The van der Waals surface area contributed by atoms with Gasteiger partial charge in [-0.2, -0.15) is 0 Å². The first-order valence-electron chi connectivity index (χ1n) is 5.77. The quantitative estimate of drug-likeness (QED) is 0.658. The first kappa shape index (κ1) is 8.25. The van der Waals surface area contributed by atoms with Crippen molar-refractivity contribution in [2.75, 3.05) is 13.1 Å². The molecule has 0 aromatic heterocycles. The highest BCUT2D eigenvalue weighted by Gasteiger charge is 2.47. The number of rotatable bonds is 1. The molecule has 13 heavy (non-hydrogen) atoms. The second kappa shape index (κ2) is 2.96. The van der Waals surface area contributed by atoms with E-state index < -0.39 is 0 Å². The van der Waals surface area contributed by atoms with Crippen LogP contribution in [0.15, 0.2) is 0 Å². The summed E-state index contributed by atoms with van der Waals surface area (Å²) in [5.74, 6) is 2.02. The van der Waals surface area contributed by atoms with Gasteiger partial charge in [0.1, 0.15) is 0 Å². The molecular weight excluding hydrogens is 162 g/mol. The normalized spacial score (nSPS) is 50.5. The minimum atomic E-state index is -0.0220. The van der Waals surface area contributed by atoms with Crippen molar-refractivity contribution in [2.24, 2.45) is 11.8 Å². The summed E-state index contributed by atoms with van der Waals surface area (Å²) in [5.41, 5.74) is 0. The lowest BCUT2D eigenvalue weighted by atomic mass is 9.91. The van der Waals surface area contributed by atoms with Crippen molar-refractivity contribution in [3.05, 3.63) is 0 Å². The predicted molar refractivity (Wildman–Crippen MR) is 51.4 cm³/mol. The molecule has 0 spiro atoms. The van der Waals surface area contributed by atoms with Crippen LogP contribution in [0.5, 0.6) is 0 Å². The fourth-order valence-electron chi connectivity index (χ4n) is 3.22. The molecule has 0 amide bonds.